The van der Waals surface area contributed by atoms with Crippen molar-refractivity contribution < 1.29 is 9.59 Å². The average Bonchev–Trinajstić information content (AvgIpc) is 2.87. The van der Waals surface area contributed by atoms with Crippen LogP contribution in [0, 0.1) is 18.8 Å². The molecular weight excluding hydrogens is 378 g/mol. The molecule has 1 saturated heterocycles. The van der Waals surface area contributed by atoms with Crippen LogP contribution in [0.3, 0.4) is 0 Å². The quantitative estimate of drug-likeness (QED) is 0.680. The predicted molar refractivity (Wildman–Crippen MR) is 101 cm³/mol. The van der Waals surface area contributed by atoms with Gasteiger partial charge in [-0.2, -0.15) is 0 Å². The van der Waals surface area contributed by atoms with Crippen molar-refractivity contribution in [2.45, 2.75) is 32.1 Å². The van der Waals surface area contributed by atoms with Crippen LogP contribution in [0.2, 0.25) is 0 Å². The highest BCUT2D eigenvalue weighted by atomic mass is 79.9. The van der Waals surface area contributed by atoms with Gasteiger partial charge in [0.05, 0.1) is 17.5 Å². The van der Waals surface area contributed by atoms with Gasteiger partial charge in [-0.05, 0) is 61.4 Å². The second-order valence-corrected chi connectivity index (χ2v) is 7.99. The molecule has 0 bridgehead atoms. The Balaban J connectivity index is 1.63. The number of carbonyl (C=O) groups excluding carboxylic acids is 2. The second kappa shape index (κ2) is 6.41. The third-order valence-corrected chi connectivity index (χ3v) is 6.09. The first-order valence-corrected chi connectivity index (χ1v) is 9.54. The lowest BCUT2D eigenvalue weighted by atomic mass is 9.73. The molecule has 0 radical (unpaired) electrons. The number of benzene rings is 2. The molecule has 1 aliphatic heterocycles. The van der Waals surface area contributed by atoms with Gasteiger partial charge < -0.3 is 0 Å². The standard InChI is InChI=1S/C21H20BrNO2/c1-13-11-16(22)8-10-19(13)23-20(24)17-9-7-15(12-18(17)21(23)25)14-5-3-2-4-6-14/h2-6,8,10-11,15,17-18H,7,9,12H2,1H3/t15-,17-,18+/m1/s1. The Morgan fingerprint density at radius 2 is 1.68 bits per heavy atom. The van der Waals surface area contributed by atoms with E-state index in [1.54, 1.807) is 0 Å². The number of fused-ring (bicyclic) bond motifs is 1. The van der Waals surface area contributed by atoms with Crippen LogP contribution in [0.15, 0.2) is 53.0 Å². The minimum absolute atomic E-state index is 0.0214. The molecule has 2 aliphatic rings. The van der Waals surface area contributed by atoms with Gasteiger partial charge in [0.2, 0.25) is 11.8 Å². The van der Waals surface area contributed by atoms with Crippen LogP contribution >= 0.6 is 15.9 Å². The Hall–Kier alpha value is -1.94. The maximum atomic E-state index is 13.1. The van der Waals surface area contributed by atoms with Crippen LogP contribution in [-0.2, 0) is 9.59 Å². The van der Waals surface area contributed by atoms with Crippen LogP contribution in [0.1, 0.15) is 36.3 Å². The first-order valence-electron chi connectivity index (χ1n) is 8.75. The zero-order valence-corrected chi connectivity index (χ0v) is 15.7. The van der Waals surface area contributed by atoms with E-state index in [1.165, 1.54) is 10.5 Å². The van der Waals surface area contributed by atoms with Crippen molar-refractivity contribution in [2.75, 3.05) is 4.90 Å². The highest BCUT2D eigenvalue weighted by molar-refractivity contribution is 9.10. The third kappa shape index (κ3) is 2.82. The van der Waals surface area contributed by atoms with Gasteiger partial charge in [0.1, 0.15) is 0 Å². The lowest BCUT2D eigenvalue weighted by Gasteiger charge is -2.28. The van der Waals surface area contributed by atoms with Crippen LogP contribution in [0.4, 0.5) is 5.69 Å². The van der Waals surface area contributed by atoms with Crippen molar-refractivity contribution in [1.29, 1.82) is 0 Å². The molecule has 0 unspecified atom stereocenters. The number of carbonyl (C=O) groups is 2. The van der Waals surface area contributed by atoms with Crippen molar-refractivity contribution in [3.63, 3.8) is 0 Å². The van der Waals surface area contributed by atoms with Crippen LogP contribution in [0.25, 0.3) is 0 Å². The molecule has 2 amide bonds. The summed E-state index contributed by atoms with van der Waals surface area (Å²) in [5.74, 6) is -0.0248. The first-order chi connectivity index (χ1) is 12.1. The lowest BCUT2D eigenvalue weighted by Crippen LogP contribution is -2.31. The molecule has 2 aromatic rings. The molecule has 0 spiro atoms. The van der Waals surface area contributed by atoms with Crippen LogP contribution < -0.4 is 4.90 Å². The fourth-order valence-corrected chi connectivity index (χ4v) is 4.79. The SMILES string of the molecule is Cc1cc(Br)ccc1N1C(=O)[C@H]2C[C@H](c3ccccc3)CC[C@H]2C1=O. The number of halogens is 1. The van der Waals surface area contributed by atoms with Crippen molar-refractivity contribution in [3.05, 3.63) is 64.1 Å². The second-order valence-electron chi connectivity index (χ2n) is 7.08. The van der Waals surface area contributed by atoms with Crippen molar-refractivity contribution in [3.8, 4) is 0 Å². The number of imide groups is 1. The zero-order chi connectivity index (χ0) is 17.6. The van der Waals surface area contributed by atoms with E-state index in [9.17, 15) is 9.59 Å². The minimum Gasteiger partial charge on any atom is -0.274 e. The number of hydrogen-bond donors (Lipinski definition) is 0. The summed E-state index contributed by atoms with van der Waals surface area (Å²) < 4.78 is 0.953. The molecule has 2 aromatic carbocycles. The molecule has 4 heteroatoms. The summed E-state index contributed by atoms with van der Waals surface area (Å²) in [6.45, 7) is 1.94. The summed E-state index contributed by atoms with van der Waals surface area (Å²) >= 11 is 3.44. The maximum Gasteiger partial charge on any atom is 0.237 e. The van der Waals surface area contributed by atoms with Gasteiger partial charge in [-0.25, -0.2) is 4.90 Å². The number of aryl methyl sites for hydroxylation is 1. The van der Waals surface area contributed by atoms with Gasteiger partial charge in [-0.3, -0.25) is 9.59 Å². The van der Waals surface area contributed by atoms with Crippen molar-refractivity contribution in [1.82, 2.24) is 0 Å². The van der Waals surface area contributed by atoms with Gasteiger partial charge in [0.25, 0.3) is 0 Å². The molecule has 1 saturated carbocycles. The summed E-state index contributed by atoms with van der Waals surface area (Å²) in [6, 6.07) is 16.0. The Bertz CT molecular complexity index is 833. The van der Waals surface area contributed by atoms with Gasteiger partial charge in [0, 0.05) is 4.47 Å². The van der Waals surface area contributed by atoms with Crippen molar-refractivity contribution >= 4 is 33.4 Å². The first kappa shape index (κ1) is 16.5. The topological polar surface area (TPSA) is 37.4 Å². The summed E-state index contributed by atoms with van der Waals surface area (Å²) in [6.07, 6.45) is 2.53. The summed E-state index contributed by atoms with van der Waals surface area (Å²) in [5, 5.41) is 0. The number of hydrogen-bond acceptors (Lipinski definition) is 2. The summed E-state index contributed by atoms with van der Waals surface area (Å²) in [7, 11) is 0. The van der Waals surface area contributed by atoms with Crippen LogP contribution in [0.5, 0.6) is 0 Å². The van der Waals surface area contributed by atoms with Gasteiger partial charge in [0.15, 0.2) is 0 Å². The van der Waals surface area contributed by atoms with E-state index >= 15 is 0 Å². The molecular formula is C21H20BrNO2. The third-order valence-electron chi connectivity index (χ3n) is 5.60. The van der Waals surface area contributed by atoms with E-state index in [2.05, 4.69) is 28.1 Å². The molecule has 0 aromatic heterocycles. The van der Waals surface area contributed by atoms with E-state index in [4.69, 9.17) is 0 Å². The van der Waals surface area contributed by atoms with E-state index in [0.29, 0.717) is 5.92 Å². The smallest absolute Gasteiger partial charge is 0.237 e. The van der Waals surface area contributed by atoms with Crippen LogP contribution in [-0.4, -0.2) is 11.8 Å². The number of anilines is 1. The predicted octanol–water partition coefficient (Wildman–Crippen LogP) is 4.83. The Kier molecular flexibility index (Phi) is 4.24. The van der Waals surface area contributed by atoms with Gasteiger partial charge in [-0.15, -0.1) is 0 Å². The summed E-state index contributed by atoms with van der Waals surface area (Å²) in [4.78, 5) is 27.4. The zero-order valence-electron chi connectivity index (χ0n) is 14.1. The molecule has 4 rings (SSSR count). The molecule has 1 heterocycles. The molecule has 25 heavy (non-hydrogen) atoms. The van der Waals surface area contributed by atoms with E-state index in [1.807, 2.05) is 43.3 Å². The normalized spacial score (nSPS) is 26.0. The summed E-state index contributed by atoms with van der Waals surface area (Å²) in [5.41, 5.74) is 2.94. The largest absolute Gasteiger partial charge is 0.274 e. The molecule has 3 atom stereocenters. The Morgan fingerprint density at radius 3 is 2.40 bits per heavy atom. The lowest BCUT2D eigenvalue weighted by molar-refractivity contribution is -0.122. The average molecular weight is 398 g/mol. The fourth-order valence-electron chi connectivity index (χ4n) is 4.31. The Morgan fingerprint density at radius 1 is 0.960 bits per heavy atom. The highest BCUT2D eigenvalue weighted by Crippen LogP contribution is 2.46. The molecule has 128 valence electrons. The number of amides is 2. The van der Waals surface area contributed by atoms with Gasteiger partial charge in [-0.1, -0.05) is 46.3 Å². The minimum atomic E-state index is -0.186. The highest BCUT2D eigenvalue weighted by Gasteiger charge is 2.50. The molecule has 0 N–H and O–H groups in total. The number of nitrogens with zero attached hydrogens (tertiary/aromatic N) is 1. The fraction of sp³-hybridized carbons (Fsp3) is 0.333. The number of rotatable bonds is 2. The van der Waals surface area contributed by atoms with E-state index in [-0.39, 0.29) is 23.7 Å². The monoisotopic (exact) mass is 397 g/mol. The Labute approximate surface area is 156 Å². The van der Waals surface area contributed by atoms with E-state index < -0.39 is 0 Å². The molecule has 1 aliphatic carbocycles. The maximum absolute atomic E-state index is 13.1. The molecule has 3 nitrogen and oxygen atoms in total. The van der Waals surface area contributed by atoms with Crippen molar-refractivity contribution in [2.24, 2.45) is 11.8 Å². The molecule has 2 fully saturated rings. The van der Waals surface area contributed by atoms with E-state index in [0.717, 1.165) is 35.0 Å². The van der Waals surface area contributed by atoms with Gasteiger partial charge >= 0.3 is 0 Å².